The summed E-state index contributed by atoms with van der Waals surface area (Å²) in [6.45, 7) is 1.92. The summed E-state index contributed by atoms with van der Waals surface area (Å²) in [6, 6.07) is 6.93. The van der Waals surface area contributed by atoms with E-state index in [2.05, 4.69) is 20.6 Å². The molecular formula is C19H21N5O3. The van der Waals surface area contributed by atoms with Crippen LogP contribution in [0.4, 0.5) is 0 Å². The van der Waals surface area contributed by atoms with Gasteiger partial charge in [-0.15, -0.1) is 0 Å². The van der Waals surface area contributed by atoms with Crippen molar-refractivity contribution >= 4 is 5.91 Å². The first kappa shape index (κ1) is 17.4. The molecule has 1 aliphatic carbocycles. The molecule has 2 N–H and O–H groups in total. The van der Waals surface area contributed by atoms with Gasteiger partial charge in [0, 0.05) is 25.0 Å². The zero-order valence-corrected chi connectivity index (χ0v) is 15.2. The van der Waals surface area contributed by atoms with E-state index in [0.717, 1.165) is 17.0 Å². The van der Waals surface area contributed by atoms with Crippen molar-refractivity contribution in [1.29, 1.82) is 0 Å². The lowest BCUT2D eigenvalue weighted by molar-refractivity contribution is 0.0227. The normalized spacial score (nSPS) is 20.1. The fraction of sp³-hybridized carbons (Fsp3) is 0.368. The van der Waals surface area contributed by atoms with Crippen molar-refractivity contribution in [3.63, 3.8) is 0 Å². The highest BCUT2D eigenvalue weighted by atomic mass is 16.5. The molecule has 3 heterocycles. The van der Waals surface area contributed by atoms with E-state index in [1.165, 1.54) is 0 Å². The number of carbonyl (C=O) groups is 1. The molecule has 1 aliphatic rings. The summed E-state index contributed by atoms with van der Waals surface area (Å²) in [5, 5.41) is 20.7. The molecular weight excluding hydrogens is 346 g/mol. The first-order valence-electron chi connectivity index (χ1n) is 8.88. The van der Waals surface area contributed by atoms with Crippen LogP contribution in [-0.4, -0.2) is 37.0 Å². The highest BCUT2D eigenvalue weighted by molar-refractivity contribution is 5.93. The first-order chi connectivity index (χ1) is 13.0. The van der Waals surface area contributed by atoms with Gasteiger partial charge in [-0.1, -0.05) is 11.2 Å². The van der Waals surface area contributed by atoms with Gasteiger partial charge in [0.2, 0.25) is 0 Å². The van der Waals surface area contributed by atoms with Crippen LogP contribution in [0.25, 0.3) is 11.3 Å². The lowest BCUT2D eigenvalue weighted by atomic mass is 9.76. The quantitative estimate of drug-likeness (QED) is 0.715. The Morgan fingerprint density at radius 2 is 2.22 bits per heavy atom. The predicted octanol–water partition coefficient (Wildman–Crippen LogP) is 2.02. The summed E-state index contributed by atoms with van der Waals surface area (Å²) >= 11 is 0. The van der Waals surface area contributed by atoms with E-state index >= 15 is 0 Å². The molecule has 0 spiro atoms. The van der Waals surface area contributed by atoms with Crippen molar-refractivity contribution in [3.05, 3.63) is 53.7 Å². The molecule has 4 rings (SSSR count). The van der Waals surface area contributed by atoms with E-state index in [1.54, 1.807) is 23.1 Å². The first-order valence-corrected chi connectivity index (χ1v) is 8.88. The van der Waals surface area contributed by atoms with Gasteiger partial charge in [0.1, 0.15) is 0 Å². The van der Waals surface area contributed by atoms with Gasteiger partial charge in [-0.3, -0.25) is 14.5 Å². The fourth-order valence-electron chi connectivity index (χ4n) is 3.36. The average Bonchev–Trinajstić information content (AvgIpc) is 3.25. The number of aliphatic hydroxyl groups is 1. The van der Waals surface area contributed by atoms with Gasteiger partial charge in [0.15, 0.2) is 11.5 Å². The molecule has 27 heavy (non-hydrogen) atoms. The molecule has 140 valence electrons. The molecule has 0 saturated heterocycles. The Bertz CT molecular complexity index is 943. The van der Waals surface area contributed by atoms with E-state index in [-0.39, 0.29) is 29.7 Å². The summed E-state index contributed by atoms with van der Waals surface area (Å²) in [5.74, 6) is 0.313. The summed E-state index contributed by atoms with van der Waals surface area (Å²) in [4.78, 5) is 17.1. The lowest BCUT2D eigenvalue weighted by Crippen LogP contribution is -2.41. The number of hydrogen-bond acceptors (Lipinski definition) is 6. The smallest absolute Gasteiger partial charge is 0.274 e. The van der Waals surface area contributed by atoms with Crippen LogP contribution in [0.15, 0.2) is 41.2 Å². The highest BCUT2D eigenvalue weighted by Gasteiger charge is 2.36. The standard InChI is InChI=1S/C19H21N5O3/c1-11-14(10-21-24(11)2)17-9-16(23-27-17)19(26)22-18(12-7-13(25)8-12)15-5-3-4-6-20-15/h3-6,9-10,12-13,18,25H,7-8H2,1-2H3,(H,22,26)/t12?,13?,18-/m1/s1. The molecule has 3 aromatic heterocycles. The fourth-order valence-corrected chi connectivity index (χ4v) is 3.36. The molecule has 0 bridgehead atoms. The van der Waals surface area contributed by atoms with E-state index in [0.29, 0.717) is 18.6 Å². The molecule has 3 aromatic rings. The minimum Gasteiger partial charge on any atom is -0.393 e. The number of carbonyl (C=O) groups excluding carboxylic acids is 1. The van der Waals surface area contributed by atoms with Crippen LogP contribution >= 0.6 is 0 Å². The summed E-state index contributed by atoms with van der Waals surface area (Å²) in [6.07, 6.45) is 4.35. The zero-order valence-electron chi connectivity index (χ0n) is 15.2. The van der Waals surface area contributed by atoms with Crippen molar-refractivity contribution in [2.24, 2.45) is 13.0 Å². The molecule has 8 heteroatoms. The number of hydrogen-bond donors (Lipinski definition) is 2. The van der Waals surface area contributed by atoms with Crippen molar-refractivity contribution in [2.75, 3.05) is 0 Å². The van der Waals surface area contributed by atoms with E-state index in [1.807, 2.05) is 32.2 Å². The molecule has 0 aliphatic heterocycles. The van der Waals surface area contributed by atoms with Crippen LogP contribution in [0, 0.1) is 12.8 Å². The molecule has 1 saturated carbocycles. The maximum Gasteiger partial charge on any atom is 0.274 e. The largest absolute Gasteiger partial charge is 0.393 e. The van der Waals surface area contributed by atoms with Gasteiger partial charge in [-0.2, -0.15) is 5.10 Å². The third kappa shape index (κ3) is 3.35. The predicted molar refractivity (Wildman–Crippen MR) is 96.6 cm³/mol. The third-order valence-electron chi connectivity index (χ3n) is 5.16. The summed E-state index contributed by atoms with van der Waals surface area (Å²) < 4.78 is 7.08. The molecule has 1 amide bonds. The summed E-state index contributed by atoms with van der Waals surface area (Å²) in [7, 11) is 1.84. The molecule has 0 aromatic carbocycles. The zero-order chi connectivity index (χ0) is 19.0. The summed E-state index contributed by atoms with van der Waals surface area (Å²) in [5.41, 5.74) is 2.70. The molecule has 1 atom stereocenters. The molecule has 0 unspecified atom stereocenters. The number of aromatic nitrogens is 4. The molecule has 8 nitrogen and oxygen atoms in total. The third-order valence-corrected chi connectivity index (χ3v) is 5.16. The van der Waals surface area contributed by atoms with Crippen LogP contribution < -0.4 is 5.32 Å². The Hall–Kier alpha value is -3.00. The number of pyridine rings is 1. The topological polar surface area (TPSA) is 106 Å². The highest BCUT2D eigenvalue weighted by Crippen LogP contribution is 2.37. The molecule has 0 radical (unpaired) electrons. The SMILES string of the molecule is Cc1c(-c2cc(C(=O)N[C@@H](c3ccccn3)C3CC(O)C3)no2)cnn1C. The van der Waals surface area contributed by atoms with Gasteiger partial charge >= 0.3 is 0 Å². The van der Waals surface area contributed by atoms with Gasteiger partial charge in [0.25, 0.3) is 5.91 Å². The van der Waals surface area contributed by atoms with Gasteiger partial charge in [0.05, 0.1) is 29.6 Å². The second kappa shape index (κ2) is 6.96. The number of nitrogens with zero attached hydrogens (tertiary/aromatic N) is 4. The monoisotopic (exact) mass is 367 g/mol. The second-order valence-corrected chi connectivity index (χ2v) is 6.93. The van der Waals surface area contributed by atoms with Crippen LogP contribution in [0.1, 0.15) is 40.8 Å². The van der Waals surface area contributed by atoms with E-state index in [4.69, 9.17) is 4.52 Å². The average molecular weight is 367 g/mol. The minimum atomic E-state index is -0.330. The molecule has 1 fully saturated rings. The van der Waals surface area contributed by atoms with Crippen molar-refractivity contribution in [3.8, 4) is 11.3 Å². The second-order valence-electron chi connectivity index (χ2n) is 6.93. The number of aryl methyl sites for hydroxylation is 1. The van der Waals surface area contributed by atoms with Crippen LogP contribution in [-0.2, 0) is 7.05 Å². The van der Waals surface area contributed by atoms with Crippen molar-refractivity contribution in [1.82, 2.24) is 25.2 Å². The van der Waals surface area contributed by atoms with Crippen LogP contribution in [0.5, 0.6) is 0 Å². The Kier molecular flexibility index (Phi) is 4.49. The van der Waals surface area contributed by atoms with E-state index < -0.39 is 0 Å². The lowest BCUT2D eigenvalue weighted by Gasteiger charge is -2.37. The van der Waals surface area contributed by atoms with Crippen molar-refractivity contribution < 1.29 is 14.4 Å². The Morgan fingerprint density at radius 1 is 1.41 bits per heavy atom. The Morgan fingerprint density at radius 3 is 2.85 bits per heavy atom. The van der Waals surface area contributed by atoms with Crippen LogP contribution in [0.2, 0.25) is 0 Å². The maximum absolute atomic E-state index is 12.7. The van der Waals surface area contributed by atoms with Crippen molar-refractivity contribution in [2.45, 2.75) is 31.9 Å². The van der Waals surface area contributed by atoms with Gasteiger partial charge < -0.3 is 14.9 Å². The Balaban J connectivity index is 1.54. The van der Waals surface area contributed by atoms with Gasteiger partial charge in [-0.25, -0.2) is 0 Å². The number of nitrogens with one attached hydrogen (secondary N) is 1. The van der Waals surface area contributed by atoms with Crippen LogP contribution in [0.3, 0.4) is 0 Å². The van der Waals surface area contributed by atoms with Gasteiger partial charge in [-0.05, 0) is 37.8 Å². The van der Waals surface area contributed by atoms with E-state index in [9.17, 15) is 9.90 Å². The minimum absolute atomic E-state index is 0.144. The number of rotatable bonds is 5. The Labute approximate surface area is 156 Å². The number of amides is 1. The maximum atomic E-state index is 12.7. The number of aliphatic hydroxyl groups excluding tert-OH is 1.